The number of para-hydroxylation sites is 1. The lowest BCUT2D eigenvalue weighted by atomic mass is 10.1. The van der Waals surface area contributed by atoms with Crippen LogP contribution in [-0.4, -0.2) is 39.1 Å². The van der Waals surface area contributed by atoms with E-state index < -0.39 is 5.97 Å². The maximum absolute atomic E-state index is 11.6. The summed E-state index contributed by atoms with van der Waals surface area (Å²) in [6, 6.07) is 10.2. The average molecular weight is 325 g/mol. The van der Waals surface area contributed by atoms with Gasteiger partial charge >= 0.3 is 5.97 Å². The monoisotopic (exact) mass is 325 g/mol. The summed E-state index contributed by atoms with van der Waals surface area (Å²) in [5, 5.41) is 14.0. The summed E-state index contributed by atoms with van der Waals surface area (Å²) in [5.74, 6) is 0.747. The second-order valence-corrected chi connectivity index (χ2v) is 5.57. The molecule has 1 N–H and O–H groups in total. The Kier molecular flexibility index (Phi) is 3.62. The van der Waals surface area contributed by atoms with Crippen molar-refractivity contribution < 1.29 is 19.1 Å². The zero-order valence-electron chi connectivity index (χ0n) is 12.8. The van der Waals surface area contributed by atoms with Gasteiger partial charge in [-0.25, -0.2) is 14.5 Å². The third-order valence-corrected chi connectivity index (χ3v) is 4.02. The van der Waals surface area contributed by atoms with Crippen LogP contribution in [-0.2, 0) is 4.74 Å². The van der Waals surface area contributed by atoms with Gasteiger partial charge in [0.15, 0.2) is 17.4 Å². The Morgan fingerprint density at radius 1 is 1.25 bits per heavy atom. The van der Waals surface area contributed by atoms with Crippen LogP contribution >= 0.6 is 0 Å². The molecule has 0 aliphatic carbocycles. The molecule has 0 saturated carbocycles. The number of rotatable bonds is 4. The van der Waals surface area contributed by atoms with Gasteiger partial charge in [0, 0.05) is 12.5 Å². The highest BCUT2D eigenvalue weighted by Crippen LogP contribution is 2.28. The van der Waals surface area contributed by atoms with E-state index in [0.717, 1.165) is 6.42 Å². The maximum atomic E-state index is 11.6. The summed E-state index contributed by atoms with van der Waals surface area (Å²) in [4.78, 5) is 16.1. The molecule has 1 aliphatic rings. The van der Waals surface area contributed by atoms with Gasteiger partial charge in [-0.2, -0.15) is 5.10 Å². The zero-order valence-corrected chi connectivity index (χ0v) is 12.8. The number of carboxylic acid groups (broad SMARTS) is 1. The molecule has 3 heterocycles. The Bertz CT molecular complexity index is 864. The van der Waals surface area contributed by atoms with Gasteiger partial charge in [0.05, 0.1) is 24.1 Å². The molecule has 1 saturated heterocycles. The predicted octanol–water partition coefficient (Wildman–Crippen LogP) is 2.73. The van der Waals surface area contributed by atoms with Crippen molar-refractivity contribution in [3.05, 3.63) is 54.0 Å². The molecular formula is C17H15N3O4. The molecule has 7 nitrogen and oxygen atoms in total. The smallest absolute Gasteiger partial charge is 0.337 e. The third kappa shape index (κ3) is 2.48. The summed E-state index contributed by atoms with van der Waals surface area (Å²) in [6.45, 7) is 1.25. The van der Waals surface area contributed by atoms with Gasteiger partial charge in [-0.3, -0.25) is 0 Å². The highest BCUT2D eigenvalue weighted by molar-refractivity contribution is 5.92. The van der Waals surface area contributed by atoms with Gasteiger partial charge in [-0.05, 0) is 30.7 Å². The molecule has 1 atom stereocenters. The number of carboxylic acids is 1. The first-order chi connectivity index (χ1) is 11.7. The number of hydrogen-bond acceptors (Lipinski definition) is 5. The number of benzene rings is 1. The molecular weight excluding hydrogens is 310 g/mol. The lowest BCUT2D eigenvalue weighted by molar-refractivity contribution is 0.0696. The molecule has 1 aliphatic heterocycles. The number of furan rings is 1. The SMILES string of the molecule is O=C(O)c1ccccc1-n1nc(C2CCOC2)nc1-c1ccco1. The van der Waals surface area contributed by atoms with E-state index in [1.807, 2.05) is 0 Å². The Morgan fingerprint density at radius 3 is 2.83 bits per heavy atom. The van der Waals surface area contributed by atoms with Crippen molar-refractivity contribution in [3.63, 3.8) is 0 Å². The Balaban J connectivity index is 1.89. The Hall–Kier alpha value is -2.93. The molecule has 0 radical (unpaired) electrons. The molecule has 2 aromatic heterocycles. The Morgan fingerprint density at radius 2 is 2.12 bits per heavy atom. The van der Waals surface area contributed by atoms with Crippen LogP contribution in [0.5, 0.6) is 0 Å². The van der Waals surface area contributed by atoms with Crippen molar-refractivity contribution in [1.29, 1.82) is 0 Å². The van der Waals surface area contributed by atoms with E-state index in [9.17, 15) is 9.90 Å². The number of ether oxygens (including phenoxy) is 1. The molecule has 24 heavy (non-hydrogen) atoms. The standard InChI is InChI=1S/C17H15N3O4/c21-17(22)12-4-1-2-5-13(12)20-16(14-6-3-8-24-14)18-15(19-20)11-7-9-23-10-11/h1-6,8,11H,7,9-10H2,(H,21,22). The number of carbonyl (C=O) groups is 1. The molecule has 1 aromatic carbocycles. The first-order valence-electron chi connectivity index (χ1n) is 7.65. The summed E-state index contributed by atoms with van der Waals surface area (Å²) < 4.78 is 12.4. The molecule has 0 spiro atoms. The second-order valence-electron chi connectivity index (χ2n) is 5.57. The van der Waals surface area contributed by atoms with Gasteiger partial charge in [0.2, 0.25) is 0 Å². The van der Waals surface area contributed by atoms with E-state index in [4.69, 9.17) is 9.15 Å². The highest BCUT2D eigenvalue weighted by Gasteiger charge is 2.26. The minimum absolute atomic E-state index is 0.108. The lowest BCUT2D eigenvalue weighted by Gasteiger charge is -2.07. The maximum Gasteiger partial charge on any atom is 0.337 e. The van der Waals surface area contributed by atoms with Crippen molar-refractivity contribution in [2.24, 2.45) is 0 Å². The summed E-state index contributed by atoms with van der Waals surface area (Å²) in [5.41, 5.74) is 0.610. The fourth-order valence-electron chi connectivity index (χ4n) is 2.81. The van der Waals surface area contributed by atoms with E-state index in [2.05, 4.69) is 10.1 Å². The van der Waals surface area contributed by atoms with Crippen molar-refractivity contribution in [1.82, 2.24) is 14.8 Å². The molecule has 0 bridgehead atoms. The van der Waals surface area contributed by atoms with E-state index in [1.54, 1.807) is 42.7 Å². The van der Waals surface area contributed by atoms with Gasteiger partial charge in [0.1, 0.15) is 0 Å². The van der Waals surface area contributed by atoms with E-state index >= 15 is 0 Å². The van der Waals surface area contributed by atoms with Gasteiger partial charge < -0.3 is 14.3 Å². The zero-order chi connectivity index (χ0) is 16.5. The number of nitrogens with zero attached hydrogens (tertiary/aromatic N) is 3. The topological polar surface area (TPSA) is 90.4 Å². The van der Waals surface area contributed by atoms with Crippen LogP contribution in [0.4, 0.5) is 0 Å². The number of aromatic nitrogens is 3. The Labute approximate surface area is 137 Å². The van der Waals surface area contributed by atoms with Crippen LogP contribution in [0.25, 0.3) is 17.3 Å². The normalized spacial score (nSPS) is 17.2. The van der Waals surface area contributed by atoms with Gasteiger partial charge in [-0.1, -0.05) is 12.1 Å². The van der Waals surface area contributed by atoms with Crippen molar-refractivity contribution >= 4 is 5.97 Å². The quantitative estimate of drug-likeness (QED) is 0.793. The van der Waals surface area contributed by atoms with Crippen LogP contribution in [0.1, 0.15) is 28.5 Å². The predicted molar refractivity (Wildman–Crippen MR) is 84.2 cm³/mol. The number of aromatic carboxylic acids is 1. The summed E-state index contributed by atoms with van der Waals surface area (Å²) in [6.07, 6.45) is 2.40. The van der Waals surface area contributed by atoms with Crippen LogP contribution in [0.3, 0.4) is 0 Å². The molecule has 122 valence electrons. The van der Waals surface area contributed by atoms with E-state index in [0.29, 0.717) is 36.3 Å². The van der Waals surface area contributed by atoms with E-state index in [1.165, 1.54) is 4.68 Å². The van der Waals surface area contributed by atoms with Crippen molar-refractivity contribution in [2.45, 2.75) is 12.3 Å². The molecule has 7 heteroatoms. The largest absolute Gasteiger partial charge is 0.478 e. The molecule has 0 amide bonds. The molecule has 3 aromatic rings. The fraction of sp³-hybridized carbons (Fsp3) is 0.235. The van der Waals surface area contributed by atoms with Crippen LogP contribution in [0.15, 0.2) is 47.1 Å². The first-order valence-corrected chi connectivity index (χ1v) is 7.65. The van der Waals surface area contributed by atoms with Crippen LogP contribution in [0.2, 0.25) is 0 Å². The lowest BCUT2D eigenvalue weighted by Crippen LogP contribution is -2.08. The fourth-order valence-corrected chi connectivity index (χ4v) is 2.81. The summed E-state index contributed by atoms with van der Waals surface area (Å²) >= 11 is 0. The highest BCUT2D eigenvalue weighted by atomic mass is 16.5. The molecule has 4 rings (SSSR count). The minimum Gasteiger partial charge on any atom is -0.478 e. The first kappa shape index (κ1) is 14.6. The second kappa shape index (κ2) is 5.93. The third-order valence-electron chi connectivity index (χ3n) is 4.02. The number of hydrogen-bond donors (Lipinski definition) is 1. The van der Waals surface area contributed by atoms with Crippen molar-refractivity contribution in [2.75, 3.05) is 13.2 Å². The average Bonchev–Trinajstić information content (AvgIpc) is 3.33. The van der Waals surface area contributed by atoms with Crippen LogP contribution in [0, 0.1) is 0 Å². The van der Waals surface area contributed by atoms with Crippen LogP contribution < -0.4 is 0 Å². The molecule has 1 unspecified atom stereocenters. The minimum atomic E-state index is -1.02. The summed E-state index contributed by atoms with van der Waals surface area (Å²) in [7, 11) is 0. The van der Waals surface area contributed by atoms with Crippen molar-refractivity contribution in [3.8, 4) is 17.3 Å². The van der Waals surface area contributed by atoms with E-state index in [-0.39, 0.29) is 11.5 Å². The van der Waals surface area contributed by atoms with Gasteiger partial charge in [-0.15, -0.1) is 0 Å². The molecule has 1 fully saturated rings. The van der Waals surface area contributed by atoms with Gasteiger partial charge in [0.25, 0.3) is 0 Å².